The Morgan fingerprint density at radius 1 is 1.14 bits per heavy atom. The molecule has 0 radical (unpaired) electrons. The average molecular weight is 298 g/mol. The molecule has 1 atom stereocenters. The number of benzene rings is 2. The van der Waals surface area contributed by atoms with E-state index in [0.717, 1.165) is 5.56 Å². The van der Waals surface area contributed by atoms with Crippen molar-refractivity contribution in [3.63, 3.8) is 0 Å². The van der Waals surface area contributed by atoms with Crippen molar-refractivity contribution in [1.82, 2.24) is 5.32 Å². The molecule has 21 heavy (non-hydrogen) atoms. The van der Waals surface area contributed by atoms with Crippen LogP contribution in [0.15, 0.2) is 53.4 Å². The number of nitriles is 1. The molecule has 1 amide bonds. The van der Waals surface area contributed by atoms with Gasteiger partial charge in [-0.05, 0) is 42.0 Å². The minimum atomic E-state index is -1.05. The predicted molar refractivity (Wildman–Crippen MR) is 81.1 cm³/mol. The normalized spacial score (nSPS) is 11.4. The maximum Gasteiger partial charge on any atom is 0.251 e. The van der Waals surface area contributed by atoms with Crippen molar-refractivity contribution in [2.24, 2.45) is 0 Å². The van der Waals surface area contributed by atoms with E-state index in [4.69, 9.17) is 5.26 Å². The second-order valence-corrected chi connectivity index (χ2v) is 5.85. The first-order valence-electron chi connectivity index (χ1n) is 6.31. The molecule has 1 unspecified atom stereocenters. The number of rotatable bonds is 4. The van der Waals surface area contributed by atoms with E-state index >= 15 is 0 Å². The summed E-state index contributed by atoms with van der Waals surface area (Å²) >= 11 is 0. The van der Waals surface area contributed by atoms with Crippen molar-refractivity contribution in [2.45, 2.75) is 11.4 Å². The predicted octanol–water partition coefficient (Wildman–Crippen LogP) is 2.23. The highest BCUT2D eigenvalue weighted by atomic mass is 32.2. The number of nitrogens with one attached hydrogen (secondary N) is 1. The van der Waals surface area contributed by atoms with Gasteiger partial charge in [-0.1, -0.05) is 12.1 Å². The van der Waals surface area contributed by atoms with E-state index < -0.39 is 10.8 Å². The van der Waals surface area contributed by atoms with Gasteiger partial charge >= 0.3 is 0 Å². The molecule has 0 spiro atoms. The Balaban J connectivity index is 1.97. The standard InChI is InChI=1S/C16H14N2O2S/c1-21(20)15-8-6-14(7-9-15)16(19)18-11-13-4-2-12(10-17)3-5-13/h2-9H,11H2,1H3,(H,18,19). The first-order chi connectivity index (χ1) is 10.1. The molecule has 0 saturated heterocycles. The van der Waals surface area contributed by atoms with Gasteiger partial charge in [-0.3, -0.25) is 9.00 Å². The van der Waals surface area contributed by atoms with Crippen molar-refractivity contribution in [2.75, 3.05) is 6.26 Å². The zero-order valence-electron chi connectivity index (χ0n) is 11.5. The summed E-state index contributed by atoms with van der Waals surface area (Å²) in [4.78, 5) is 12.7. The van der Waals surface area contributed by atoms with Crippen molar-refractivity contribution >= 4 is 16.7 Å². The van der Waals surface area contributed by atoms with Crippen LogP contribution in [0.5, 0.6) is 0 Å². The van der Waals surface area contributed by atoms with Crippen LogP contribution in [0.2, 0.25) is 0 Å². The zero-order chi connectivity index (χ0) is 15.2. The van der Waals surface area contributed by atoms with Crippen LogP contribution in [0.1, 0.15) is 21.5 Å². The Morgan fingerprint density at radius 3 is 2.29 bits per heavy atom. The highest BCUT2D eigenvalue weighted by Gasteiger charge is 2.06. The summed E-state index contributed by atoms with van der Waals surface area (Å²) in [6.07, 6.45) is 1.60. The largest absolute Gasteiger partial charge is 0.348 e. The number of hydrogen-bond donors (Lipinski definition) is 1. The molecular formula is C16H14N2O2S. The second-order valence-electron chi connectivity index (χ2n) is 4.47. The Labute approximate surface area is 125 Å². The highest BCUT2D eigenvalue weighted by Crippen LogP contribution is 2.08. The van der Waals surface area contributed by atoms with E-state index in [9.17, 15) is 9.00 Å². The fraction of sp³-hybridized carbons (Fsp3) is 0.125. The van der Waals surface area contributed by atoms with Gasteiger partial charge in [0.25, 0.3) is 5.91 Å². The summed E-state index contributed by atoms with van der Waals surface area (Å²) < 4.78 is 11.3. The number of hydrogen-bond acceptors (Lipinski definition) is 3. The van der Waals surface area contributed by atoms with Crippen molar-refractivity contribution in [3.05, 3.63) is 65.2 Å². The molecule has 2 aromatic carbocycles. The molecular weight excluding hydrogens is 284 g/mol. The molecule has 2 aromatic rings. The molecule has 0 aliphatic heterocycles. The topological polar surface area (TPSA) is 70.0 Å². The van der Waals surface area contributed by atoms with Crippen LogP contribution in [0.4, 0.5) is 0 Å². The molecule has 2 rings (SSSR count). The van der Waals surface area contributed by atoms with Gasteiger partial charge in [0, 0.05) is 34.1 Å². The molecule has 0 saturated carbocycles. The van der Waals surface area contributed by atoms with Gasteiger partial charge in [0.2, 0.25) is 0 Å². The lowest BCUT2D eigenvalue weighted by Crippen LogP contribution is -2.22. The summed E-state index contributed by atoms with van der Waals surface area (Å²) in [6.45, 7) is 0.395. The third kappa shape index (κ3) is 4.01. The quantitative estimate of drug-likeness (QED) is 0.941. The maximum atomic E-state index is 12.0. The fourth-order valence-electron chi connectivity index (χ4n) is 1.78. The van der Waals surface area contributed by atoms with Gasteiger partial charge in [-0.15, -0.1) is 0 Å². The van der Waals surface area contributed by atoms with Gasteiger partial charge in [0.05, 0.1) is 11.6 Å². The summed E-state index contributed by atoms with van der Waals surface area (Å²) in [7, 11) is -1.05. The fourth-order valence-corrected chi connectivity index (χ4v) is 2.30. The number of carbonyl (C=O) groups is 1. The van der Waals surface area contributed by atoms with Crippen LogP contribution in [0.3, 0.4) is 0 Å². The Morgan fingerprint density at radius 2 is 1.76 bits per heavy atom. The lowest BCUT2D eigenvalue weighted by atomic mass is 10.1. The lowest BCUT2D eigenvalue weighted by Gasteiger charge is -2.06. The first kappa shape index (κ1) is 14.9. The van der Waals surface area contributed by atoms with E-state index in [-0.39, 0.29) is 5.91 Å². The third-order valence-corrected chi connectivity index (χ3v) is 3.92. The molecule has 0 aromatic heterocycles. The first-order valence-corrected chi connectivity index (χ1v) is 7.86. The van der Waals surface area contributed by atoms with E-state index in [0.29, 0.717) is 22.6 Å². The highest BCUT2D eigenvalue weighted by molar-refractivity contribution is 7.84. The molecule has 4 nitrogen and oxygen atoms in total. The lowest BCUT2D eigenvalue weighted by molar-refractivity contribution is 0.0951. The minimum absolute atomic E-state index is 0.187. The van der Waals surface area contributed by atoms with Crippen molar-refractivity contribution in [3.8, 4) is 6.07 Å². The van der Waals surface area contributed by atoms with Crippen LogP contribution >= 0.6 is 0 Å². The van der Waals surface area contributed by atoms with Gasteiger partial charge in [0.15, 0.2) is 0 Å². The van der Waals surface area contributed by atoms with Crippen LogP contribution in [-0.2, 0) is 17.3 Å². The molecule has 5 heteroatoms. The number of nitrogens with zero attached hydrogens (tertiary/aromatic N) is 1. The molecule has 0 aliphatic rings. The van der Waals surface area contributed by atoms with E-state index in [1.165, 1.54) is 0 Å². The second kappa shape index (κ2) is 6.82. The van der Waals surface area contributed by atoms with Crippen LogP contribution < -0.4 is 5.32 Å². The summed E-state index contributed by atoms with van der Waals surface area (Å²) in [6, 6.07) is 15.8. The van der Waals surface area contributed by atoms with Crippen molar-refractivity contribution < 1.29 is 9.00 Å². The van der Waals surface area contributed by atoms with Crippen molar-refractivity contribution in [1.29, 1.82) is 5.26 Å². The van der Waals surface area contributed by atoms with Gasteiger partial charge in [-0.25, -0.2) is 0 Å². The Kier molecular flexibility index (Phi) is 4.85. The SMILES string of the molecule is CS(=O)c1ccc(C(=O)NCc2ccc(C#N)cc2)cc1. The molecule has 1 N–H and O–H groups in total. The van der Waals surface area contributed by atoms with E-state index in [2.05, 4.69) is 5.32 Å². The van der Waals surface area contributed by atoms with Crippen LogP contribution in [0.25, 0.3) is 0 Å². The van der Waals surface area contributed by atoms with Gasteiger partial charge in [0.1, 0.15) is 0 Å². The smallest absolute Gasteiger partial charge is 0.251 e. The zero-order valence-corrected chi connectivity index (χ0v) is 12.3. The van der Waals surface area contributed by atoms with Gasteiger partial charge in [-0.2, -0.15) is 5.26 Å². The monoisotopic (exact) mass is 298 g/mol. The molecule has 0 fully saturated rings. The van der Waals surface area contributed by atoms with Crippen LogP contribution in [-0.4, -0.2) is 16.4 Å². The average Bonchev–Trinajstić information content (AvgIpc) is 2.53. The Bertz CT molecular complexity index is 701. The van der Waals surface area contributed by atoms with Gasteiger partial charge < -0.3 is 5.32 Å². The van der Waals surface area contributed by atoms with E-state index in [1.807, 2.05) is 18.2 Å². The maximum absolute atomic E-state index is 12.0. The number of amides is 1. The molecule has 0 bridgehead atoms. The van der Waals surface area contributed by atoms with Crippen LogP contribution in [0, 0.1) is 11.3 Å². The Hall–Kier alpha value is -2.45. The summed E-state index contributed by atoms with van der Waals surface area (Å²) in [5.74, 6) is -0.187. The number of carbonyl (C=O) groups excluding carboxylic acids is 1. The molecule has 0 aliphatic carbocycles. The molecule has 0 heterocycles. The summed E-state index contributed by atoms with van der Waals surface area (Å²) in [5.41, 5.74) is 2.04. The third-order valence-electron chi connectivity index (χ3n) is 2.98. The summed E-state index contributed by atoms with van der Waals surface area (Å²) in [5, 5.41) is 11.5. The van der Waals surface area contributed by atoms with E-state index in [1.54, 1.807) is 42.7 Å². The minimum Gasteiger partial charge on any atom is -0.348 e. The molecule has 106 valence electrons.